The van der Waals surface area contributed by atoms with Crippen molar-refractivity contribution >= 4 is 17.0 Å². The van der Waals surface area contributed by atoms with Crippen LogP contribution in [0.5, 0.6) is 11.5 Å². The number of phenols is 1. The van der Waals surface area contributed by atoms with Crippen molar-refractivity contribution in [2.45, 2.75) is 32.1 Å². The average Bonchev–Trinajstić information content (AvgIpc) is 3.21. The van der Waals surface area contributed by atoms with Crippen LogP contribution in [0.25, 0.3) is 16.7 Å². The molecule has 1 aliphatic rings. The smallest absolute Gasteiger partial charge is 0.305 e. The molecule has 4 rings (SSSR count). The number of hydrogen-bond donors (Lipinski definition) is 1. The van der Waals surface area contributed by atoms with E-state index < -0.39 is 0 Å². The first-order valence-electron chi connectivity index (χ1n) is 10.9. The Balaban J connectivity index is 1.19. The van der Waals surface area contributed by atoms with Gasteiger partial charge in [0.1, 0.15) is 34.8 Å². The molecule has 31 heavy (non-hydrogen) atoms. The predicted octanol–water partition coefficient (Wildman–Crippen LogP) is 3.31. The monoisotopic (exact) mass is 424 g/mol. The SMILES string of the molecule is O=C(CCCOc1ccc(-n2nc3ccccc3n2)c(O)c1)OCCN1CCCCC1. The van der Waals surface area contributed by atoms with Gasteiger partial charge in [0.2, 0.25) is 0 Å². The van der Waals surface area contributed by atoms with Crippen LogP contribution < -0.4 is 4.74 Å². The van der Waals surface area contributed by atoms with E-state index in [1.54, 1.807) is 12.1 Å². The molecule has 0 atom stereocenters. The Morgan fingerprint density at radius 2 is 1.74 bits per heavy atom. The number of benzene rings is 2. The summed E-state index contributed by atoms with van der Waals surface area (Å²) >= 11 is 0. The van der Waals surface area contributed by atoms with Gasteiger partial charge in [-0.05, 0) is 56.6 Å². The molecule has 2 heterocycles. The molecule has 164 valence electrons. The van der Waals surface area contributed by atoms with E-state index in [2.05, 4.69) is 15.1 Å². The molecule has 8 nitrogen and oxygen atoms in total. The Bertz CT molecular complexity index is 981. The van der Waals surface area contributed by atoms with Crippen molar-refractivity contribution in [1.82, 2.24) is 19.9 Å². The summed E-state index contributed by atoms with van der Waals surface area (Å²) in [5.74, 6) is 0.349. The van der Waals surface area contributed by atoms with Gasteiger partial charge >= 0.3 is 5.97 Å². The quantitative estimate of drug-likeness (QED) is 0.416. The highest BCUT2D eigenvalue weighted by atomic mass is 16.5. The topological polar surface area (TPSA) is 89.7 Å². The number of carbonyl (C=O) groups is 1. The summed E-state index contributed by atoms with van der Waals surface area (Å²) in [7, 11) is 0. The number of carbonyl (C=O) groups excluding carboxylic acids is 1. The van der Waals surface area contributed by atoms with Gasteiger partial charge in [0.25, 0.3) is 0 Å². The van der Waals surface area contributed by atoms with E-state index in [4.69, 9.17) is 9.47 Å². The lowest BCUT2D eigenvalue weighted by atomic mass is 10.1. The first kappa shape index (κ1) is 21.1. The lowest BCUT2D eigenvalue weighted by Crippen LogP contribution is -2.33. The van der Waals surface area contributed by atoms with Crippen molar-refractivity contribution in [1.29, 1.82) is 0 Å². The van der Waals surface area contributed by atoms with Crippen LogP contribution in [0.3, 0.4) is 0 Å². The van der Waals surface area contributed by atoms with Gasteiger partial charge in [-0.25, -0.2) is 0 Å². The molecule has 1 aromatic heterocycles. The van der Waals surface area contributed by atoms with E-state index in [1.807, 2.05) is 24.3 Å². The maximum atomic E-state index is 11.9. The largest absolute Gasteiger partial charge is 0.505 e. The van der Waals surface area contributed by atoms with Gasteiger partial charge in [-0.2, -0.15) is 0 Å². The standard InChI is InChI=1S/C23H28N4O4/c28-22-17-18(10-11-21(22)27-24-19-7-2-3-8-20(19)25-27)30-15-6-9-23(29)31-16-14-26-12-4-1-5-13-26/h2-3,7-8,10-11,17,28H,1,4-6,9,12-16H2. The Morgan fingerprint density at radius 3 is 2.45 bits per heavy atom. The number of rotatable bonds is 9. The zero-order valence-electron chi connectivity index (χ0n) is 17.6. The summed E-state index contributed by atoms with van der Waals surface area (Å²) in [4.78, 5) is 15.6. The van der Waals surface area contributed by atoms with Gasteiger partial charge in [-0.15, -0.1) is 15.0 Å². The molecule has 1 N–H and O–H groups in total. The molecule has 2 aromatic carbocycles. The summed E-state index contributed by atoms with van der Waals surface area (Å²) in [6.45, 7) is 3.83. The highest BCUT2D eigenvalue weighted by Crippen LogP contribution is 2.27. The third kappa shape index (κ3) is 5.73. The number of aromatic hydroxyl groups is 1. The Kier molecular flexibility index (Phi) is 6.99. The van der Waals surface area contributed by atoms with Crippen molar-refractivity contribution in [2.24, 2.45) is 0 Å². The minimum atomic E-state index is -0.198. The number of aromatic nitrogens is 3. The van der Waals surface area contributed by atoms with E-state index in [0.29, 0.717) is 37.5 Å². The van der Waals surface area contributed by atoms with Gasteiger partial charge < -0.3 is 14.6 Å². The van der Waals surface area contributed by atoms with Crippen LogP contribution in [-0.4, -0.2) is 63.8 Å². The molecular weight excluding hydrogens is 396 g/mol. The fourth-order valence-corrected chi connectivity index (χ4v) is 3.68. The van der Waals surface area contributed by atoms with Gasteiger partial charge in [0.05, 0.1) is 6.61 Å². The fourth-order valence-electron chi connectivity index (χ4n) is 3.68. The van der Waals surface area contributed by atoms with Crippen LogP contribution in [0, 0.1) is 0 Å². The van der Waals surface area contributed by atoms with Crippen molar-refractivity contribution in [3.8, 4) is 17.2 Å². The maximum Gasteiger partial charge on any atom is 0.305 e. The summed E-state index contributed by atoms with van der Waals surface area (Å²) in [5, 5.41) is 19.1. The number of ether oxygens (including phenoxy) is 2. The van der Waals surface area contributed by atoms with E-state index in [0.717, 1.165) is 30.7 Å². The van der Waals surface area contributed by atoms with Crippen LogP contribution in [0.15, 0.2) is 42.5 Å². The molecule has 1 saturated heterocycles. The summed E-state index contributed by atoms with van der Waals surface area (Å²) in [6, 6.07) is 12.5. The van der Waals surface area contributed by atoms with Crippen LogP contribution in [0.2, 0.25) is 0 Å². The van der Waals surface area contributed by atoms with Crippen molar-refractivity contribution in [2.75, 3.05) is 32.8 Å². The first-order chi connectivity index (χ1) is 15.2. The third-order valence-corrected chi connectivity index (χ3v) is 5.36. The fraction of sp³-hybridized carbons (Fsp3) is 0.435. The molecule has 0 saturated carbocycles. The highest BCUT2D eigenvalue weighted by molar-refractivity contribution is 5.73. The number of esters is 1. The Morgan fingerprint density at radius 1 is 1.00 bits per heavy atom. The molecule has 0 bridgehead atoms. The zero-order valence-corrected chi connectivity index (χ0v) is 17.6. The van der Waals surface area contributed by atoms with Crippen LogP contribution in [-0.2, 0) is 9.53 Å². The van der Waals surface area contributed by atoms with Gasteiger partial charge in [-0.1, -0.05) is 18.6 Å². The van der Waals surface area contributed by atoms with E-state index >= 15 is 0 Å². The van der Waals surface area contributed by atoms with E-state index in [1.165, 1.54) is 30.1 Å². The van der Waals surface area contributed by atoms with E-state index in [9.17, 15) is 9.90 Å². The average molecular weight is 425 g/mol. The van der Waals surface area contributed by atoms with Crippen LogP contribution in [0.4, 0.5) is 0 Å². The van der Waals surface area contributed by atoms with Crippen molar-refractivity contribution < 1.29 is 19.4 Å². The van der Waals surface area contributed by atoms with Crippen LogP contribution >= 0.6 is 0 Å². The lowest BCUT2D eigenvalue weighted by Gasteiger charge is -2.25. The Labute approximate surface area is 181 Å². The second-order valence-electron chi connectivity index (χ2n) is 7.70. The minimum Gasteiger partial charge on any atom is -0.505 e. The molecule has 0 radical (unpaired) electrons. The number of phenolic OH excluding ortho intramolecular Hbond substituents is 1. The third-order valence-electron chi connectivity index (χ3n) is 5.36. The summed E-state index contributed by atoms with van der Waals surface area (Å²) < 4.78 is 11.0. The predicted molar refractivity (Wildman–Crippen MR) is 117 cm³/mol. The highest BCUT2D eigenvalue weighted by Gasteiger charge is 2.12. The molecule has 8 heteroatoms. The maximum absolute atomic E-state index is 11.9. The molecule has 0 unspecified atom stereocenters. The number of fused-ring (bicyclic) bond motifs is 1. The molecule has 1 fully saturated rings. The van der Waals surface area contributed by atoms with Crippen molar-refractivity contribution in [3.63, 3.8) is 0 Å². The summed E-state index contributed by atoms with van der Waals surface area (Å²) in [5.41, 5.74) is 1.98. The normalized spacial score (nSPS) is 14.6. The molecule has 1 aliphatic heterocycles. The molecule has 0 amide bonds. The van der Waals surface area contributed by atoms with Crippen molar-refractivity contribution in [3.05, 3.63) is 42.5 Å². The molecule has 0 spiro atoms. The lowest BCUT2D eigenvalue weighted by molar-refractivity contribution is -0.144. The zero-order chi connectivity index (χ0) is 21.5. The second kappa shape index (κ2) is 10.3. The van der Waals surface area contributed by atoms with Gasteiger partial charge in [0, 0.05) is 19.0 Å². The second-order valence-corrected chi connectivity index (χ2v) is 7.70. The number of piperidine rings is 1. The van der Waals surface area contributed by atoms with Crippen LogP contribution in [0.1, 0.15) is 32.1 Å². The molecule has 0 aliphatic carbocycles. The van der Waals surface area contributed by atoms with Gasteiger partial charge in [0.15, 0.2) is 0 Å². The molecule has 3 aromatic rings. The van der Waals surface area contributed by atoms with E-state index in [-0.39, 0.29) is 11.7 Å². The first-order valence-corrected chi connectivity index (χ1v) is 10.9. The number of hydrogen-bond acceptors (Lipinski definition) is 7. The summed E-state index contributed by atoms with van der Waals surface area (Å²) in [6.07, 6.45) is 4.63. The Hall–Kier alpha value is -3.13. The number of likely N-dealkylation sites (tertiary alicyclic amines) is 1. The number of nitrogens with zero attached hydrogens (tertiary/aromatic N) is 4. The van der Waals surface area contributed by atoms with Gasteiger partial charge in [-0.3, -0.25) is 9.69 Å². The minimum absolute atomic E-state index is 0.0231. The molecular formula is C23H28N4O4.